The zero-order valence-electron chi connectivity index (χ0n) is 29.9. The fraction of sp³-hybridized carbons (Fsp3) is 0.238. The van der Waals surface area contributed by atoms with Crippen molar-refractivity contribution in [3.63, 3.8) is 0 Å². The lowest BCUT2D eigenvalue weighted by Gasteiger charge is -2.25. The van der Waals surface area contributed by atoms with Gasteiger partial charge in [0, 0.05) is 24.2 Å². The third-order valence-electron chi connectivity index (χ3n) is 10.2. The average Bonchev–Trinajstić information content (AvgIpc) is 3.78. The maximum atomic E-state index is 6.95. The second-order valence-electron chi connectivity index (χ2n) is 13.9. The normalized spacial score (nSPS) is 17.4. The van der Waals surface area contributed by atoms with E-state index in [0.29, 0.717) is 34.1 Å². The second kappa shape index (κ2) is 14.6. The Labute approximate surface area is 313 Å². The van der Waals surface area contributed by atoms with E-state index in [4.69, 9.17) is 41.1 Å². The van der Waals surface area contributed by atoms with Crippen LogP contribution in [0.1, 0.15) is 37.8 Å². The van der Waals surface area contributed by atoms with Crippen LogP contribution in [0.3, 0.4) is 0 Å². The van der Waals surface area contributed by atoms with Gasteiger partial charge >= 0.3 is 0 Å². The molecule has 272 valence electrons. The smallest absolute Gasteiger partial charge is 0.169 e. The van der Waals surface area contributed by atoms with E-state index in [1.165, 1.54) is 0 Å². The summed E-state index contributed by atoms with van der Waals surface area (Å²) in [7, 11) is 0. The number of benzene rings is 4. The van der Waals surface area contributed by atoms with Crippen LogP contribution in [-0.4, -0.2) is 55.7 Å². The predicted octanol–water partition coefficient (Wildman–Crippen LogP) is 7.62. The highest BCUT2D eigenvalue weighted by Crippen LogP contribution is 2.41. The van der Waals surface area contributed by atoms with Crippen molar-refractivity contribution in [3.05, 3.63) is 109 Å². The summed E-state index contributed by atoms with van der Waals surface area (Å²) in [4.78, 5) is 10.2. The number of nitrogen functional groups attached to an aromatic ring is 2. The number of fused-ring (bicyclic) bond motifs is 1. The molecule has 2 atom stereocenters. The van der Waals surface area contributed by atoms with Gasteiger partial charge in [0.25, 0.3) is 0 Å². The summed E-state index contributed by atoms with van der Waals surface area (Å²) in [5.41, 5.74) is 18.5. The molecule has 2 aliphatic heterocycles. The molecule has 6 N–H and O–H groups in total. The van der Waals surface area contributed by atoms with Gasteiger partial charge in [-0.25, -0.2) is 14.6 Å². The summed E-state index contributed by atoms with van der Waals surface area (Å²) in [6, 6.07) is 35.5. The molecule has 0 amide bonds. The number of piperidine rings is 2. The Hall–Kier alpha value is -6.24. The van der Waals surface area contributed by atoms with Gasteiger partial charge in [0.15, 0.2) is 17.3 Å². The summed E-state index contributed by atoms with van der Waals surface area (Å²) in [5.74, 6) is 4.08. The number of hydrogen-bond acceptors (Lipinski definition) is 10. The summed E-state index contributed by atoms with van der Waals surface area (Å²) >= 11 is 0. The van der Waals surface area contributed by atoms with Gasteiger partial charge in [-0.2, -0.15) is 10.2 Å². The van der Waals surface area contributed by atoms with Crippen LogP contribution in [0, 0.1) is 0 Å². The second-order valence-corrected chi connectivity index (χ2v) is 13.9. The van der Waals surface area contributed by atoms with E-state index in [1.807, 2.05) is 119 Å². The molecule has 0 unspecified atom stereocenters. The Kier molecular flexibility index (Phi) is 9.11. The summed E-state index contributed by atoms with van der Waals surface area (Å²) in [5, 5.41) is 17.9. The molecule has 5 heterocycles. The van der Waals surface area contributed by atoms with Crippen molar-refractivity contribution in [2.45, 2.75) is 37.8 Å². The van der Waals surface area contributed by atoms with E-state index in [0.717, 1.165) is 97.4 Å². The van der Waals surface area contributed by atoms with Crippen molar-refractivity contribution in [1.29, 1.82) is 0 Å². The number of nitrogens with zero attached hydrogens (tertiary/aromatic N) is 6. The van der Waals surface area contributed by atoms with Crippen molar-refractivity contribution in [2.75, 3.05) is 37.6 Å². The molecule has 7 aromatic rings. The third kappa shape index (κ3) is 6.61. The highest BCUT2D eigenvalue weighted by molar-refractivity contribution is 6.00. The predicted molar refractivity (Wildman–Crippen MR) is 212 cm³/mol. The van der Waals surface area contributed by atoms with E-state index >= 15 is 0 Å². The molecule has 0 spiro atoms. The van der Waals surface area contributed by atoms with Crippen molar-refractivity contribution in [3.8, 4) is 56.9 Å². The van der Waals surface area contributed by atoms with Gasteiger partial charge in [0.05, 0.1) is 28.7 Å². The molecule has 12 nitrogen and oxygen atoms in total. The summed E-state index contributed by atoms with van der Waals surface area (Å²) < 4.78 is 16.3. The molecule has 0 saturated carbocycles. The molecule has 4 aromatic carbocycles. The maximum Gasteiger partial charge on any atom is 0.169 e. The van der Waals surface area contributed by atoms with Crippen molar-refractivity contribution >= 4 is 22.7 Å². The minimum absolute atomic E-state index is 0.0860. The van der Waals surface area contributed by atoms with Crippen LogP contribution in [0.25, 0.3) is 44.9 Å². The fourth-order valence-corrected chi connectivity index (χ4v) is 7.54. The standard InChI is InChI=1S/C42H42N10O2/c43-39-35-37(27-15-19-33(20-16-27)53-31-11-3-1-4-12-31)49-52(30-10-8-24-46-26-30)42(35)48-41(47-39)36-38(51(50-40(36)44)29-9-7-23-45-25-29)28-17-21-34(22-18-28)54-32-13-5-2-6-14-32/h1-6,11-22,29-30,45-46H,7-10,23-26H2,(H2,44,50)(H2,43,47,48)/t29-,30-/m1/s1. The topological polar surface area (TPSA) is 156 Å². The van der Waals surface area contributed by atoms with E-state index in [9.17, 15) is 0 Å². The molecule has 2 fully saturated rings. The first-order valence-corrected chi connectivity index (χ1v) is 18.6. The minimum atomic E-state index is 0.0860. The van der Waals surface area contributed by atoms with Crippen LogP contribution in [0.2, 0.25) is 0 Å². The third-order valence-corrected chi connectivity index (χ3v) is 10.2. The quantitative estimate of drug-likeness (QED) is 0.117. The van der Waals surface area contributed by atoms with Gasteiger partial charge in [-0.15, -0.1) is 0 Å². The zero-order chi connectivity index (χ0) is 36.4. The number of hydrogen-bond donors (Lipinski definition) is 4. The summed E-state index contributed by atoms with van der Waals surface area (Å²) in [6.07, 6.45) is 4.00. The van der Waals surface area contributed by atoms with Crippen LogP contribution < -0.4 is 31.6 Å². The number of nitrogens with one attached hydrogen (secondary N) is 2. The molecule has 0 bridgehead atoms. The number of nitrogens with two attached hydrogens (primary N) is 2. The molecule has 3 aromatic heterocycles. The fourth-order valence-electron chi connectivity index (χ4n) is 7.54. The number of para-hydroxylation sites is 2. The van der Waals surface area contributed by atoms with Gasteiger partial charge in [0.1, 0.15) is 34.5 Å². The minimum Gasteiger partial charge on any atom is -0.457 e. The van der Waals surface area contributed by atoms with Crippen LogP contribution in [0.4, 0.5) is 11.6 Å². The average molecular weight is 719 g/mol. The molecule has 2 aliphatic rings. The monoisotopic (exact) mass is 718 g/mol. The Balaban J connectivity index is 1.15. The first-order valence-electron chi connectivity index (χ1n) is 18.6. The molecule has 9 rings (SSSR count). The number of anilines is 2. The maximum absolute atomic E-state index is 6.95. The SMILES string of the molecule is Nc1nn([C@@H]2CCCNC2)c(-c2ccc(Oc3ccccc3)cc2)c1-c1nc(N)c2c(-c3ccc(Oc4ccccc4)cc3)nn([C@@H]3CCCNC3)c2n1. The first-order chi connectivity index (χ1) is 26.6. The van der Waals surface area contributed by atoms with Crippen LogP contribution >= 0.6 is 0 Å². The number of aromatic nitrogens is 6. The molecule has 0 aliphatic carbocycles. The Morgan fingerprint density at radius 2 is 1.11 bits per heavy atom. The van der Waals surface area contributed by atoms with E-state index in [1.54, 1.807) is 0 Å². The highest BCUT2D eigenvalue weighted by atomic mass is 16.5. The molecular weight excluding hydrogens is 677 g/mol. The van der Waals surface area contributed by atoms with E-state index in [-0.39, 0.29) is 12.1 Å². The largest absolute Gasteiger partial charge is 0.457 e. The Morgan fingerprint density at radius 1 is 0.574 bits per heavy atom. The van der Waals surface area contributed by atoms with Gasteiger partial charge in [0.2, 0.25) is 0 Å². The summed E-state index contributed by atoms with van der Waals surface area (Å²) in [6.45, 7) is 3.50. The molecular formula is C42H42N10O2. The van der Waals surface area contributed by atoms with Gasteiger partial charge in [-0.1, -0.05) is 36.4 Å². The van der Waals surface area contributed by atoms with Crippen LogP contribution in [0.5, 0.6) is 23.0 Å². The van der Waals surface area contributed by atoms with Crippen molar-refractivity contribution in [2.24, 2.45) is 0 Å². The number of rotatable bonds is 9. The molecule has 0 radical (unpaired) electrons. The molecule has 54 heavy (non-hydrogen) atoms. The van der Waals surface area contributed by atoms with Gasteiger partial charge < -0.3 is 31.6 Å². The van der Waals surface area contributed by atoms with Gasteiger partial charge in [-0.3, -0.25) is 4.68 Å². The lowest BCUT2D eigenvalue weighted by atomic mass is 10.0. The lowest BCUT2D eigenvalue weighted by molar-refractivity contribution is 0.350. The number of ether oxygens (including phenoxy) is 2. The van der Waals surface area contributed by atoms with Crippen molar-refractivity contribution in [1.82, 2.24) is 40.2 Å². The molecule has 12 heteroatoms. The van der Waals surface area contributed by atoms with Crippen molar-refractivity contribution < 1.29 is 9.47 Å². The highest BCUT2D eigenvalue weighted by Gasteiger charge is 2.30. The lowest BCUT2D eigenvalue weighted by Crippen LogP contribution is -2.32. The zero-order valence-corrected chi connectivity index (χ0v) is 29.9. The van der Waals surface area contributed by atoms with Crippen LogP contribution in [-0.2, 0) is 0 Å². The van der Waals surface area contributed by atoms with Crippen LogP contribution in [0.15, 0.2) is 109 Å². The van der Waals surface area contributed by atoms with E-state index in [2.05, 4.69) is 10.6 Å². The van der Waals surface area contributed by atoms with Gasteiger partial charge in [-0.05, 0) is 112 Å². The van der Waals surface area contributed by atoms with E-state index < -0.39 is 0 Å². The Morgan fingerprint density at radius 3 is 1.67 bits per heavy atom. The Bertz CT molecular complexity index is 2360. The first kappa shape index (κ1) is 33.6. The molecule has 2 saturated heterocycles.